The molecule has 0 spiro atoms. The van der Waals surface area contributed by atoms with Gasteiger partial charge < -0.3 is 4.74 Å². The molecule has 3 heteroatoms. The molecular formula is C12H20O3. The zero-order valence-electron chi connectivity index (χ0n) is 9.62. The lowest BCUT2D eigenvalue weighted by Crippen LogP contribution is -2.30. The molecule has 0 aromatic rings. The Morgan fingerprint density at radius 3 is 2.87 bits per heavy atom. The molecule has 1 aliphatic rings. The number of hydrogen-bond acceptors (Lipinski definition) is 3. The lowest BCUT2D eigenvalue weighted by molar-refractivity contribution is -0.148. The SMILES string of the molecule is CCCCC1C[C@H](C(=O)OC)CCC1=O. The zero-order chi connectivity index (χ0) is 11.3. The average Bonchev–Trinajstić information content (AvgIpc) is 2.27. The third-order valence-corrected chi connectivity index (χ3v) is 3.20. The minimum atomic E-state index is -0.149. The number of carbonyl (C=O) groups excluding carboxylic acids is 2. The standard InChI is InChI=1S/C12H20O3/c1-3-4-5-9-8-10(12(14)15-2)6-7-11(9)13/h9-10H,3-8H2,1-2H3/t9?,10-/m1/s1. The molecule has 0 heterocycles. The monoisotopic (exact) mass is 212 g/mol. The van der Waals surface area contributed by atoms with E-state index in [1.165, 1.54) is 7.11 Å². The maximum Gasteiger partial charge on any atom is 0.308 e. The summed E-state index contributed by atoms with van der Waals surface area (Å²) in [6.07, 6.45) is 5.04. The summed E-state index contributed by atoms with van der Waals surface area (Å²) >= 11 is 0. The third kappa shape index (κ3) is 3.33. The van der Waals surface area contributed by atoms with Crippen molar-refractivity contribution in [2.75, 3.05) is 7.11 Å². The Morgan fingerprint density at radius 1 is 1.53 bits per heavy atom. The van der Waals surface area contributed by atoms with Gasteiger partial charge in [0, 0.05) is 12.3 Å². The van der Waals surface area contributed by atoms with Gasteiger partial charge in [-0.25, -0.2) is 0 Å². The molecule has 0 N–H and O–H groups in total. The van der Waals surface area contributed by atoms with E-state index in [-0.39, 0.29) is 17.8 Å². The second kappa shape index (κ2) is 5.89. The summed E-state index contributed by atoms with van der Waals surface area (Å²) in [4.78, 5) is 23.0. The van der Waals surface area contributed by atoms with Crippen LogP contribution in [0.1, 0.15) is 45.4 Å². The molecule has 1 fully saturated rings. The van der Waals surface area contributed by atoms with Gasteiger partial charge >= 0.3 is 5.97 Å². The van der Waals surface area contributed by atoms with Crippen molar-refractivity contribution < 1.29 is 14.3 Å². The molecule has 0 radical (unpaired) electrons. The number of hydrogen-bond donors (Lipinski definition) is 0. The Balaban J connectivity index is 2.48. The van der Waals surface area contributed by atoms with Crippen LogP contribution in [0.25, 0.3) is 0 Å². The highest BCUT2D eigenvalue weighted by Gasteiger charge is 2.32. The molecule has 0 aromatic carbocycles. The molecule has 3 nitrogen and oxygen atoms in total. The molecule has 0 bridgehead atoms. The highest BCUT2D eigenvalue weighted by molar-refractivity contribution is 5.84. The lowest BCUT2D eigenvalue weighted by atomic mass is 9.78. The highest BCUT2D eigenvalue weighted by atomic mass is 16.5. The summed E-state index contributed by atoms with van der Waals surface area (Å²) in [6, 6.07) is 0. The summed E-state index contributed by atoms with van der Waals surface area (Å²) in [5, 5.41) is 0. The second-order valence-corrected chi connectivity index (χ2v) is 4.30. The number of ketones is 1. The Bertz CT molecular complexity index is 235. The van der Waals surface area contributed by atoms with Gasteiger partial charge in [-0.05, 0) is 19.3 Å². The van der Waals surface area contributed by atoms with Gasteiger partial charge in [-0.2, -0.15) is 0 Å². The maximum absolute atomic E-state index is 11.6. The average molecular weight is 212 g/mol. The number of carbonyl (C=O) groups is 2. The first-order valence-corrected chi connectivity index (χ1v) is 5.79. The second-order valence-electron chi connectivity index (χ2n) is 4.30. The summed E-state index contributed by atoms with van der Waals surface area (Å²) < 4.78 is 4.73. The molecule has 1 saturated carbocycles. The fourth-order valence-corrected chi connectivity index (χ4v) is 2.22. The molecule has 0 saturated heterocycles. The van der Waals surface area contributed by atoms with Crippen LogP contribution < -0.4 is 0 Å². The number of rotatable bonds is 4. The van der Waals surface area contributed by atoms with E-state index in [1.807, 2.05) is 0 Å². The molecule has 0 amide bonds. The van der Waals surface area contributed by atoms with Crippen LogP contribution in [0.3, 0.4) is 0 Å². The molecule has 1 rings (SSSR count). The van der Waals surface area contributed by atoms with E-state index in [0.717, 1.165) is 19.3 Å². The van der Waals surface area contributed by atoms with Crippen molar-refractivity contribution in [1.29, 1.82) is 0 Å². The molecule has 1 unspecified atom stereocenters. The Hall–Kier alpha value is -0.860. The van der Waals surface area contributed by atoms with Crippen molar-refractivity contribution in [3.05, 3.63) is 0 Å². The van der Waals surface area contributed by atoms with E-state index < -0.39 is 0 Å². The van der Waals surface area contributed by atoms with E-state index in [4.69, 9.17) is 4.74 Å². The van der Waals surface area contributed by atoms with Gasteiger partial charge in [0.1, 0.15) is 5.78 Å². The first-order valence-electron chi connectivity index (χ1n) is 5.79. The van der Waals surface area contributed by atoms with E-state index in [2.05, 4.69) is 6.92 Å². The molecule has 0 aliphatic heterocycles. The zero-order valence-corrected chi connectivity index (χ0v) is 9.62. The first kappa shape index (κ1) is 12.2. The van der Waals surface area contributed by atoms with Crippen LogP contribution in [0, 0.1) is 11.8 Å². The van der Waals surface area contributed by atoms with Crippen molar-refractivity contribution in [3.8, 4) is 0 Å². The van der Waals surface area contributed by atoms with Crippen molar-refractivity contribution in [1.82, 2.24) is 0 Å². The number of methoxy groups -OCH3 is 1. The van der Waals surface area contributed by atoms with Crippen LogP contribution in [0.2, 0.25) is 0 Å². The van der Waals surface area contributed by atoms with Crippen molar-refractivity contribution in [2.45, 2.75) is 45.4 Å². The summed E-state index contributed by atoms with van der Waals surface area (Å²) in [5.41, 5.74) is 0. The molecule has 0 aromatic heterocycles. The molecule has 1 aliphatic carbocycles. The molecule has 86 valence electrons. The van der Waals surface area contributed by atoms with Crippen molar-refractivity contribution in [3.63, 3.8) is 0 Å². The number of esters is 1. The minimum absolute atomic E-state index is 0.0467. The van der Waals surface area contributed by atoms with Gasteiger partial charge in [-0.3, -0.25) is 9.59 Å². The third-order valence-electron chi connectivity index (χ3n) is 3.20. The Labute approximate surface area is 91.2 Å². The fourth-order valence-electron chi connectivity index (χ4n) is 2.22. The molecule has 2 atom stereocenters. The van der Waals surface area contributed by atoms with E-state index in [1.54, 1.807) is 0 Å². The topological polar surface area (TPSA) is 43.4 Å². The number of unbranched alkanes of at least 4 members (excludes halogenated alkanes) is 1. The van der Waals surface area contributed by atoms with Crippen LogP contribution in [0.4, 0.5) is 0 Å². The van der Waals surface area contributed by atoms with E-state index >= 15 is 0 Å². The van der Waals surface area contributed by atoms with Gasteiger partial charge in [0.25, 0.3) is 0 Å². The lowest BCUT2D eigenvalue weighted by Gasteiger charge is -2.26. The quantitative estimate of drug-likeness (QED) is 0.672. The summed E-state index contributed by atoms with van der Waals surface area (Å²) in [7, 11) is 1.42. The largest absolute Gasteiger partial charge is 0.469 e. The fraction of sp³-hybridized carbons (Fsp3) is 0.833. The van der Waals surface area contributed by atoms with Crippen molar-refractivity contribution in [2.24, 2.45) is 11.8 Å². The summed E-state index contributed by atoms with van der Waals surface area (Å²) in [5.74, 6) is 0.241. The predicted octanol–water partition coefficient (Wildman–Crippen LogP) is 2.33. The van der Waals surface area contributed by atoms with Crippen LogP contribution in [-0.2, 0) is 14.3 Å². The summed E-state index contributed by atoms with van der Waals surface area (Å²) in [6.45, 7) is 2.12. The van der Waals surface area contributed by atoms with Crippen LogP contribution >= 0.6 is 0 Å². The molecule has 15 heavy (non-hydrogen) atoms. The van der Waals surface area contributed by atoms with E-state index in [0.29, 0.717) is 25.0 Å². The first-order chi connectivity index (χ1) is 7.19. The predicted molar refractivity (Wildman–Crippen MR) is 57.4 cm³/mol. The minimum Gasteiger partial charge on any atom is -0.469 e. The van der Waals surface area contributed by atoms with Crippen LogP contribution in [0.5, 0.6) is 0 Å². The Morgan fingerprint density at radius 2 is 2.27 bits per heavy atom. The van der Waals surface area contributed by atoms with Gasteiger partial charge in [-0.1, -0.05) is 19.8 Å². The van der Waals surface area contributed by atoms with Crippen LogP contribution in [0.15, 0.2) is 0 Å². The number of Topliss-reactive ketones (excluding diaryl/α,β-unsaturated/α-hetero) is 1. The van der Waals surface area contributed by atoms with E-state index in [9.17, 15) is 9.59 Å². The molecular weight excluding hydrogens is 192 g/mol. The smallest absolute Gasteiger partial charge is 0.308 e. The Kier molecular flexibility index (Phi) is 4.79. The van der Waals surface area contributed by atoms with Gasteiger partial charge in [-0.15, -0.1) is 0 Å². The maximum atomic E-state index is 11.6. The van der Waals surface area contributed by atoms with Gasteiger partial charge in [0.05, 0.1) is 13.0 Å². The van der Waals surface area contributed by atoms with Gasteiger partial charge in [0.15, 0.2) is 0 Å². The van der Waals surface area contributed by atoms with Crippen molar-refractivity contribution >= 4 is 11.8 Å². The number of ether oxygens (including phenoxy) is 1. The highest BCUT2D eigenvalue weighted by Crippen LogP contribution is 2.30. The van der Waals surface area contributed by atoms with Crippen LogP contribution in [-0.4, -0.2) is 18.9 Å². The van der Waals surface area contributed by atoms with Gasteiger partial charge in [0.2, 0.25) is 0 Å². The normalized spacial score (nSPS) is 26.4.